The van der Waals surface area contributed by atoms with Crippen molar-refractivity contribution in [1.82, 2.24) is 10.2 Å². The fourth-order valence-corrected chi connectivity index (χ4v) is 7.23. The van der Waals surface area contributed by atoms with E-state index in [4.69, 9.17) is 16.3 Å². The number of halogens is 1. The predicted molar refractivity (Wildman–Crippen MR) is 175 cm³/mol. The molecule has 1 unspecified atom stereocenters. The number of anilines is 1. The van der Waals surface area contributed by atoms with Crippen molar-refractivity contribution in [3.05, 3.63) is 88.4 Å². The highest BCUT2D eigenvalue weighted by Gasteiger charge is 2.35. The van der Waals surface area contributed by atoms with Crippen LogP contribution in [0, 0.1) is 13.8 Å². The topological polar surface area (TPSA) is 96.0 Å². The minimum atomic E-state index is -4.26. The maximum Gasteiger partial charge on any atom is 0.264 e. The molecule has 10 heteroatoms. The first kappa shape index (κ1) is 33.3. The van der Waals surface area contributed by atoms with E-state index in [1.165, 1.54) is 30.2 Å². The maximum absolute atomic E-state index is 14.4. The second-order valence-corrected chi connectivity index (χ2v) is 13.7. The number of carbonyl (C=O) groups is 2. The van der Waals surface area contributed by atoms with E-state index in [0.29, 0.717) is 6.42 Å². The minimum absolute atomic E-state index is 0.0189. The molecular weight excluding hydrogens is 598 g/mol. The first-order chi connectivity index (χ1) is 21.0. The Morgan fingerprint density at radius 3 is 2.32 bits per heavy atom. The van der Waals surface area contributed by atoms with Crippen LogP contribution in [0.25, 0.3) is 0 Å². The number of sulfonamides is 1. The molecule has 8 nitrogen and oxygen atoms in total. The van der Waals surface area contributed by atoms with Gasteiger partial charge in [-0.3, -0.25) is 13.9 Å². The lowest BCUT2D eigenvalue weighted by molar-refractivity contribution is -0.140. The Balaban J connectivity index is 1.77. The summed E-state index contributed by atoms with van der Waals surface area (Å²) in [5, 5.41) is 3.46. The van der Waals surface area contributed by atoms with Crippen LogP contribution in [0.1, 0.15) is 62.1 Å². The number of ether oxygens (including phenoxy) is 1. The normalized spacial score (nSPS) is 14.5. The molecule has 44 heavy (non-hydrogen) atoms. The van der Waals surface area contributed by atoms with Crippen molar-refractivity contribution in [3.8, 4) is 5.75 Å². The number of nitrogens with zero attached hydrogens (tertiary/aromatic N) is 2. The molecule has 236 valence electrons. The molecule has 0 spiro atoms. The number of carbonyl (C=O) groups excluding carboxylic acids is 2. The second-order valence-electron chi connectivity index (χ2n) is 11.4. The summed E-state index contributed by atoms with van der Waals surface area (Å²) in [6, 6.07) is 18.0. The third-order valence-corrected chi connectivity index (χ3v) is 10.2. The average Bonchev–Trinajstić information content (AvgIpc) is 3.01. The van der Waals surface area contributed by atoms with E-state index in [-0.39, 0.29) is 39.8 Å². The molecule has 2 amide bonds. The van der Waals surface area contributed by atoms with Gasteiger partial charge in [-0.25, -0.2) is 8.42 Å². The quantitative estimate of drug-likeness (QED) is 0.247. The molecule has 1 N–H and O–H groups in total. The monoisotopic (exact) mass is 639 g/mol. The molecule has 3 aromatic carbocycles. The summed E-state index contributed by atoms with van der Waals surface area (Å²) >= 11 is 6.34. The van der Waals surface area contributed by atoms with Crippen LogP contribution in [0.4, 0.5) is 5.69 Å². The maximum atomic E-state index is 14.4. The van der Waals surface area contributed by atoms with Gasteiger partial charge >= 0.3 is 0 Å². The summed E-state index contributed by atoms with van der Waals surface area (Å²) in [5.41, 5.74) is 2.86. The van der Waals surface area contributed by atoms with Crippen LogP contribution in [-0.4, -0.2) is 50.9 Å². The van der Waals surface area contributed by atoms with Gasteiger partial charge in [0.15, 0.2) is 0 Å². The lowest BCUT2D eigenvalue weighted by atomic mass is 9.95. The number of aryl methyl sites for hydroxylation is 2. The number of hydrogen-bond donors (Lipinski definition) is 1. The molecular formula is C34H42ClN3O5S. The summed E-state index contributed by atoms with van der Waals surface area (Å²) in [4.78, 5) is 29.7. The summed E-state index contributed by atoms with van der Waals surface area (Å²) < 4.78 is 35.0. The van der Waals surface area contributed by atoms with Gasteiger partial charge in [0.1, 0.15) is 18.3 Å². The van der Waals surface area contributed by atoms with Crippen LogP contribution in [0.5, 0.6) is 5.75 Å². The molecule has 0 heterocycles. The van der Waals surface area contributed by atoms with Crippen molar-refractivity contribution in [2.75, 3.05) is 18.0 Å². The smallest absolute Gasteiger partial charge is 0.264 e. The Morgan fingerprint density at radius 1 is 1.00 bits per heavy atom. The highest BCUT2D eigenvalue weighted by molar-refractivity contribution is 7.92. The average molecular weight is 640 g/mol. The highest BCUT2D eigenvalue weighted by Crippen LogP contribution is 2.35. The summed E-state index contributed by atoms with van der Waals surface area (Å²) in [5.74, 6) is -0.503. The van der Waals surface area contributed by atoms with Crippen molar-refractivity contribution in [2.45, 2.75) is 82.8 Å². The van der Waals surface area contributed by atoms with Gasteiger partial charge in [-0.2, -0.15) is 0 Å². The molecule has 3 aromatic rings. The van der Waals surface area contributed by atoms with Gasteiger partial charge in [-0.1, -0.05) is 79.7 Å². The van der Waals surface area contributed by atoms with E-state index >= 15 is 0 Å². The molecule has 0 saturated heterocycles. The number of methoxy groups -OCH3 is 1. The number of benzene rings is 3. The van der Waals surface area contributed by atoms with E-state index in [1.807, 2.05) is 45.0 Å². The number of nitrogens with one attached hydrogen (secondary N) is 1. The van der Waals surface area contributed by atoms with Gasteiger partial charge in [-0.15, -0.1) is 0 Å². The first-order valence-corrected chi connectivity index (χ1v) is 16.9. The third-order valence-electron chi connectivity index (χ3n) is 8.24. The van der Waals surface area contributed by atoms with Crippen molar-refractivity contribution >= 4 is 39.1 Å². The molecule has 1 fully saturated rings. The Morgan fingerprint density at radius 2 is 1.68 bits per heavy atom. The highest BCUT2D eigenvalue weighted by atomic mass is 35.5. The minimum Gasteiger partial charge on any atom is -0.495 e. The predicted octanol–water partition coefficient (Wildman–Crippen LogP) is 6.42. The van der Waals surface area contributed by atoms with Gasteiger partial charge in [0.05, 0.1) is 17.7 Å². The van der Waals surface area contributed by atoms with Gasteiger partial charge in [0.2, 0.25) is 11.8 Å². The molecule has 0 bridgehead atoms. The summed E-state index contributed by atoms with van der Waals surface area (Å²) in [6.07, 6.45) is 5.44. The number of hydrogen-bond acceptors (Lipinski definition) is 5. The molecule has 0 aromatic heterocycles. The fourth-order valence-electron chi connectivity index (χ4n) is 5.64. The molecule has 0 radical (unpaired) electrons. The van der Waals surface area contributed by atoms with Crippen LogP contribution >= 0.6 is 11.6 Å². The van der Waals surface area contributed by atoms with Crippen molar-refractivity contribution in [3.63, 3.8) is 0 Å². The SMILES string of the molecule is CCC(C(=O)NC1CCCCC1)N(Cc1ccccc1C)C(=O)CN(c1cc(Cl)ccc1OC)S(=O)(=O)c1ccc(C)cc1. The molecule has 1 aliphatic carbocycles. The first-order valence-electron chi connectivity index (χ1n) is 15.1. The van der Waals surface area contributed by atoms with E-state index in [0.717, 1.165) is 53.1 Å². The van der Waals surface area contributed by atoms with Crippen LogP contribution in [0.15, 0.2) is 71.6 Å². The second kappa shape index (κ2) is 14.9. The zero-order chi connectivity index (χ0) is 31.9. The Labute approximate surface area is 266 Å². The third kappa shape index (κ3) is 7.93. The Hall–Kier alpha value is -3.56. The van der Waals surface area contributed by atoms with Crippen LogP contribution in [-0.2, 0) is 26.2 Å². The zero-order valence-electron chi connectivity index (χ0n) is 25.9. The van der Waals surface area contributed by atoms with Gasteiger partial charge in [0.25, 0.3) is 10.0 Å². The molecule has 4 rings (SSSR count). The van der Waals surface area contributed by atoms with Crippen molar-refractivity contribution in [1.29, 1.82) is 0 Å². The molecule has 0 aliphatic heterocycles. The van der Waals surface area contributed by atoms with Gasteiger partial charge in [0, 0.05) is 17.6 Å². The van der Waals surface area contributed by atoms with Crippen LogP contribution in [0.3, 0.4) is 0 Å². The van der Waals surface area contributed by atoms with Gasteiger partial charge < -0.3 is 15.0 Å². The lowest BCUT2D eigenvalue weighted by Gasteiger charge is -2.35. The zero-order valence-corrected chi connectivity index (χ0v) is 27.5. The van der Waals surface area contributed by atoms with E-state index < -0.39 is 28.5 Å². The summed E-state index contributed by atoms with van der Waals surface area (Å²) in [7, 11) is -2.83. The Bertz CT molecular complexity index is 1560. The molecule has 1 saturated carbocycles. The van der Waals surface area contributed by atoms with E-state index in [2.05, 4.69) is 5.32 Å². The standard InChI is InChI=1S/C34H42ClN3O5S/c1-5-30(34(40)36-28-13-7-6-8-14-28)37(22-26-12-10-9-11-25(26)3)33(39)23-38(31-21-27(35)17-20-32(31)43-4)44(41,42)29-18-15-24(2)16-19-29/h9-12,15-21,28,30H,5-8,13-14,22-23H2,1-4H3,(H,36,40). The Kier molecular flexibility index (Phi) is 11.3. The van der Waals surface area contributed by atoms with Crippen molar-refractivity contribution in [2.24, 2.45) is 0 Å². The molecule has 1 atom stereocenters. The van der Waals surface area contributed by atoms with E-state index in [9.17, 15) is 18.0 Å². The van der Waals surface area contributed by atoms with Crippen molar-refractivity contribution < 1.29 is 22.7 Å². The van der Waals surface area contributed by atoms with Crippen LogP contribution in [0.2, 0.25) is 5.02 Å². The molecule has 1 aliphatic rings. The fraction of sp³-hybridized carbons (Fsp3) is 0.412. The van der Waals surface area contributed by atoms with Gasteiger partial charge in [-0.05, 0) is 74.6 Å². The van der Waals surface area contributed by atoms with Crippen LogP contribution < -0.4 is 14.4 Å². The lowest BCUT2D eigenvalue weighted by Crippen LogP contribution is -2.54. The summed E-state index contributed by atoms with van der Waals surface area (Å²) in [6.45, 7) is 5.26. The van der Waals surface area contributed by atoms with E-state index in [1.54, 1.807) is 24.3 Å². The number of rotatable bonds is 12. The largest absolute Gasteiger partial charge is 0.495 e. The number of amides is 2.